The topological polar surface area (TPSA) is 93.5 Å². The molecule has 2 N–H and O–H groups in total. The van der Waals surface area contributed by atoms with Crippen LogP contribution in [0.3, 0.4) is 0 Å². The number of imidazole rings is 1. The van der Waals surface area contributed by atoms with Gasteiger partial charge in [0.05, 0.1) is 22.7 Å². The highest BCUT2D eigenvalue weighted by Crippen LogP contribution is 2.21. The summed E-state index contributed by atoms with van der Waals surface area (Å²) in [7, 11) is 1.79. The van der Waals surface area contributed by atoms with Crippen molar-refractivity contribution in [1.82, 2.24) is 9.55 Å². The number of carbonyl (C=O) groups excluding carboxylic acids is 1. The van der Waals surface area contributed by atoms with Crippen LogP contribution >= 0.6 is 0 Å². The molecule has 1 amide bonds. The van der Waals surface area contributed by atoms with Crippen molar-refractivity contribution in [2.45, 2.75) is 38.2 Å². The summed E-state index contributed by atoms with van der Waals surface area (Å²) >= 11 is 0. The third-order valence-corrected chi connectivity index (χ3v) is 4.35. The maximum Gasteiger partial charge on any atom is 0.335 e. The van der Waals surface area contributed by atoms with Gasteiger partial charge in [-0.2, -0.15) is 0 Å². The molecule has 7 heteroatoms. The lowest BCUT2D eigenvalue weighted by Gasteiger charge is -2.22. The monoisotopic (exact) mass is 331 g/mol. The standard InChI is InChI=1S/C17H21N3O4/c1-20-14-7-5-11(16(22)23)10-13(14)18-17(20)19-15(21)8-6-12-4-2-3-9-24-12/h5,7,10,12H,2-4,6,8-9H2,1H3,(H,22,23)(H,18,19,21). The lowest BCUT2D eigenvalue weighted by Crippen LogP contribution is -2.22. The summed E-state index contributed by atoms with van der Waals surface area (Å²) in [6, 6.07) is 4.72. The molecule has 0 saturated carbocycles. The molecule has 1 fully saturated rings. The molecule has 3 rings (SSSR count). The Hall–Kier alpha value is -2.41. The molecule has 1 aromatic heterocycles. The molecule has 7 nitrogen and oxygen atoms in total. The summed E-state index contributed by atoms with van der Waals surface area (Å²) in [5.41, 5.74) is 1.49. The number of carboxylic acids is 1. The number of fused-ring (bicyclic) bond motifs is 1. The van der Waals surface area contributed by atoms with E-state index in [0.717, 1.165) is 31.4 Å². The van der Waals surface area contributed by atoms with Gasteiger partial charge in [0.2, 0.25) is 11.9 Å². The van der Waals surface area contributed by atoms with Gasteiger partial charge in [-0.3, -0.25) is 10.1 Å². The lowest BCUT2D eigenvalue weighted by atomic mass is 10.0. The molecule has 0 spiro atoms. The van der Waals surface area contributed by atoms with Gasteiger partial charge in [0, 0.05) is 20.1 Å². The number of carboxylic acid groups (broad SMARTS) is 1. The second-order valence-corrected chi connectivity index (χ2v) is 6.08. The number of ether oxygens (including phenoxy) is 1. The van der Waals surface area contributed by atoms with Gasteiger partial charge in [-0.1, -0.05) is 0 Å². The molecule has 1 unspecified atom stereocenters. The van der Waals surface area contributed by atoms with Crippen LogP contribution in [-0.2, 0) is 16.6 Å². The molecule has 0 radical (unpaired) electrons. The first-order chi connectivity index (χ1) is 11.5. The van der Waals surface area contributed by atoms with Crippen molar-refractivity contribution in [3.05, 3.63) is 23.8 Å². The minimum absolute atomic E-state index is 0.110. The number of hydrogen-bond acceptors (Lipinski definition) is 4. The fourth-order valence-electron chi connectivity index (χ4n) is 2.96. The maximum atomic E-state index is 12.1. The largest absolute Gasteiger partial charge is 0.478 e. The van der Waals surface area contributed by atoms with Gasteiger partial charge in [-0.25, -0.2) is 9.78 Å². The van der Waals surface area contributed by atoms with Gasteiger partial charge in [0.1, 0.15) is 0 Å². The van der Waals surface area contributed by atoms with E-state index in [9.17, 15) is 9.59 Å². The summed E-state index contributed by atoms with van der Waals surface area (Å²) in [6.45, 7) is 0.781. The molecule has 1 atom stereocenters. The number of nitrogens with zero attached hydrogens (tertiary/aromatic N) is 2. The Labute approximate surface area is 139 Å². The van der Waals surface area contributed by atoms with Crippen molar-refractivity contribution < 1.29 is 19.4 Å². The SMILES string of the molecule is Cn1c(NC(=O)CCC2CCCCO2)nc2cc(C(=O)O)ccc21. The highest BCUT2D eigenvalue weighted by atomic mass is 16.5. The van der Waals surface area contributed by atoms with E-state index in [2.05, 4.69) is 10.3 Å². The first-order valence-corrected chi connectivity index (χ1v) is 8.16. The number of rotatable bonds is 5. The van der Waals surface area contributed by atoms with Crippen LogP contribution in [0.5, 0.6) is 0 Å². The number of aromatic carboxylic acids is 1. The average molecular weight is 331 g/mol. The van der Waals surface area contributed by atoms with E-state index >= 15 is 0 Å². The van der Waals surface area contributed by atoms with Crippen LogP contribution in [0.4, 0.5) is 5.95 Å². The van der Waals surface area contributed by atoms with Gasteiger partial charge in [-0.05, 0) is 43.9 Å². The molecular formula is C17H21N3O4. The predicted octanol–water partition coefficient (Wildman–Crippen LogP) is 2.56. The molecule has 0 aliphatic carbocycles. The van der Waals surface area contributed by atoms with Gasteiger partial charge in [0.15, 0.2) is 0 Å². The van der Waals surface area contributed by atoms with Crippen molar-refractivity contribution in [3.8, 4) is 0 Å². The molecule has 2 aromatic rings. The Kier molecular flexibility index (Phi) is 4.80. The number of aromatic nitrogens is 2. The van der Waals surface area contributed by atoms with Crippen molar-refractivity contribution in [2.24, 2.45) is 7.05 Å². The van der Waals surface area contributed by atoms with Crippen LogP contribution in [-0.4, -0.2) is 39.2 Å². The third kappa shape index (κ3) is 3.56. The molecule has 2 heterocycles. The third-order valence-electron chi connectivity index (χ3n) is 4.35. The summed E-state index contributed by atoms with van der Waals surface area (Å²) in [6.07, 6.45) is 4.53. The Bertz CT molecular complexity index is 763. The van der Waals surface area contributed by atoms with Gasteiger partial charge in [0.25, 0.3) is 0 Å². The number of benzene rings is 1. The van der Waals surface area contributed by atoms with Crippen LogP contribution in [0, 0.1) is 0 Å². The minimum Gasteiger partial charge on any atom is -0.478 e. The zero-order valence-electron chi connectivity index (χ0n) is 13.6. The molecule has 24 heavy (non-hydrogen) atoms. The van der Waals surface area contributed by atoms with Crippen molar-refractivity contribution in [2.75, 3.05) is 11.9 Å². The van der Waals surface area contributed by atoms with Gasteiger partial charge in [-0.15, -0.1) is 0 Å². The number of anilines is 1. The zero-order valence-corrected chi connectivity index (χ0v) is 13.6. The van der Waals surface area contributed by atoms with E-state index in [-0.39, 0.29) is 17.6 Å². The van der Waals surface area contributed by atoms with E-state index in [1.807, 2.05) is 0 Å². The quantitative estimate of drug-likeness (QED) is 0.878. The van der Waals surface area contributed by atoms with Crippen molar-refractivity contribution in [3.63, 3.8) is 0 Å². The summed E-state index contributed by atoms with van der Waals surface area (Å²) in [5, 5.41) is 11.8. The van der Waals surface area contributed by atoms with E-state index in [1.54, 1.807) is 17.7 Å². The predicted molar refractivity (Wildman–Crippen MR) is 89.1 cm³/mol. The first-order valence-electron chi connectivity index (χ1n) is 8.16. The van der Waals surface area contributed by atoms with Crippen molar-refractivity contribution >= 4 is 28.9 Å². The second kappa shape index (κ2) is 7.00. The number of nitrogens with one attached hydrogen (secondary N) is 1. The highest BCUT2D eigenvalue weighted by Gasteiger charge is 2.17. The fraction of sp³-hybridized carbons (Fsp3) is 0.471. The van der Waals surface area contributed by atoms with Crippen LogP contribution in [0.1, 0.15) is 42.5 Å². The van der Waals surface area contributed by atoms with Gasteiger partial charge >= 0.3 is 5.97 Å². The van der Waals surface area contributed by atoms with Crippen molar-refractivity contribution in [1.29, 1.82) is 0 Å². The number of aryl methyl sites for hydroxylation is 1. The van der Waals surface area contributed by atoms with Gasteiger partial charge < -0.3 is 14.4 Å². The Morgan fingerprint density at radius 3 is 2.96 bits per heavy atom. The zero-order chi connectivity index (χ0) is 17.1. The molecule has 1 aliphatic heterocycles. The number of carbonyl (C=O) groups is 2. The molecular weight excluding hydrogens is 310 g/mol. The van der Waals surface area contributed by atoms with Crippen LogP contribution in [0.25, 0.3) is 11.0 Å². The van der Waals surface area contributed by atoms with E-state index in [4.69, 9.17) is 9.84 Å². The lowest BCUT2D eigenvalue weighted by molar-refractivity contribution is -0.117. The first kappa shape index (κ1) is 16.4. The molecule has 128 valence electrons. The van der Waals surface area contributed by atoms with E-state index < -0.39 is 5.97 Å². The summed E-state index contributed by atoms with van der Waals surface area (Å²) in [5.74, 6) is -0.691. The van der Waals surface area contributed by atoms with E-state index in [1.165, 1.54) is 12.1 Å². The molecule has 1 aliphatic rings. The maximum absolute atomic E-state index is 12.1. The smallest absolute Gasteiger partial charge is 0.335 e. The number of hydrogen-bond donors (Lipinski definition) is 2. The highest BCUT2D eigenvalue weighted by molar-refractivity contribution is 5.95. The number of amides is 1. The molecule has 1 aromatic carbocycles. The fourth-order valence-corrected chi connectivity index (χ4v) is 2.96. The van der Waals surface area contributed by atoms with Crippen LogP contribution in [0.2, 0.25) is 0 Å². The summed E-state index contributed by atoms with van der Waals surface area (Å²) < 4.78 is 7.38. The summed E-state index contributed by atoms with van der Waals surface area (Å²) in [4.78, 5) is 27.5. The van der Waals surface area contributed by atoms with Crippen LogP contribution < -0.4 is 5.32 Å². The second-order valence-electron chi connectivity index (χ2n) is 6.08. The normalized spacial score (nSPS) is 17.8. The average Bonchev–Trinajstić information content (AvgIpc) is 2.89. The Balaban J connectivity index is 1.66. The molecule has 1 saturated heterocycles. The molecule has 0 bridgehead atoms. The van der Waals surface area contributed by atoms with E-state index in [0.29, 0.717) is 24.3 Å². The minimum atomic E-state index is -0.999. The Morgan fingerprint density at radius 1 is 1.42 bits per heavy atom. The Morgan fingerprint density at radius 2 is 2.25 bits per heavy atom. The van der Waals surface area contributed by atoms with Crippen LogP contribution in [0.15, 0.2) is 18.2 Å².